The molecule has 0 unspecified atom stereocenters. The monoisotopic (exact) mass is 389 g/mol. The van der Waals surface area contributed by atoms with E-state index in [9.17, 15) is 18.0 Å². The van der Waals surface area contributed by atoms with E-state index in [-0.39, 0.29) is 5.69 Å². The molecule has 0 bridgehead atoms. The molecule has 2 heterocycles. The van der Waals surface area contributed by atoms with Crippen LogP contribution in [0.3, 0.4) is 0 Å². The lowest BCUT2D eigenvalue weighted by atomic mass is 10.0. The average Bonchev–Trinajstić information content (AvgIpc) is 3.26. The molecular formula is C18H10F3N3O2S. The van der Waals surface area contributed by atoms with Crippen molar-refractivity contribution in [1.82, 2.24) is 14.8 Å². The van der Waals surface area contributed by atoms with E-state index in [4.69, 9.17) is 5.11 Å². The number of hydrogen-bond acceptors (Lipinski definition) is 4. The zero-order chi connectivity index (χ0) is 19.2. The fraction of sp³-hybridized carbons (Fsp3) is 0.0556. The van der Waals surface area contributed by atoms with E-state index in [0.29, 0.717) is 27.3 Å². The Balaban J connectivity index is 1.92. The lowest BCUT2D eigenvalue weighted by Gasteiger charge is -2.07. The molecule has 2 aromatic heterocycles. The Bertz CT molecular complexity index is 1160. The Morgan fingerprint density at radius 2 is 1.89 bits per heavy atom. The van der Waals surface area contributed by atoms with Crippen molar-refractivity contribution < 1.29 is 23.1 Å². The van der Waals surface area contributed by atoms with E-state index in [1.807, 2.05) is 0 Å². The Morgan fingerprint density at radius 3 is 2.59 bits per heavy atom. The summed E-state index contributed by atoms with van der Waals surface area (Å²) < 4.78 is 40.6. The van der Waals surface area contributed by atoms with Gasteiger partial charge in [0.05, 0.1) is 11.1 Å². The number of carboxylic acid groups (broad SMARTS) is 1. The number of benzene rings is 2. The lowest BCUT2D eigenvalue weighted by Crippen LogP contribution is -2.04. The van der Waals surface area contributed by atoms with Crippen LogP contribution in [-0.4, -0.2) is 25.8 Å². The normalized spacial score (nSPS) is 11.8. The zero-order valence-electron chi connectivity index (χ0n) is 13.4. The van der Waals surface area contributed by atoms with Gasteiger partial charge in [0.25, 0.3) is 0 Å². The zero-order valence-corrected chi connectivity index (χ0v) is 14.3. The van der Waals surface area contributed by atoms with Crippen LogP contribution in [0.4, 0.5) is 13.2 Å². The summed E-state index contributed by atoms with van der Waals surface area (Å²) in [6.45, 7) is 0. The summed E-state index contributed by atoms with van der Waals surface area (Å²) >= 11 is 1.09. The Morgan fingerprint density at radius 1 is 1.11 bits per heavy atom. The number of para-hydroxylation sites is 1. The number of aromatic nitrogens is 3. The molecular weight excluding hydrogens is 379 g/mol. The number of nitrogens with zero attached hydrogens (tertiary/aromatic N) is 3. The van der Waals surface area contributed by atoms with Gasteiger partial charge in [-0.05, 0) is 18.2 Å². The van der Waals surface area contributed by atoms with Gasteiger partial charge in [-0.1, -0.05) is 30.3 Å². The first-order chi connectivity index (χ1) is 12.8. The van der Waals surface area contributed by atoms with Crippen molar-refractivity contribution in [2.45, 2.75) is 6.18 Å². The van der Waals surface area contributed by atoms with Crippen molar-refractivity contribution in [2.24, 2.45) is 0 Å². The maximum atomic E-state index is 13.1. The Kier molecular flexibility index (Phi) is 3.96. The number of carbonyl (C=O) groups is 1. The van der Waals surface area contributed by atoms with E-state index in [1.165, 1.54) is 16.1 Å². The average molecular weight is 389 g/mol. The maximum absolute atomic E-state index is 13.1. The molecule has 0 saturated carbocycles. The predicted molar refractivity (Wildman–Crippen MR) is 94.1 cm³/mol. The molecule has 2 aromatic carbocycles. The van der Waals surface area contributed by atoms with Crippen LogP contribution in [0, 0.1) is 0 Å². The summed E-state index contributed by atoms with van der Waals surface area (Å²) in [5.74, 6) is -1.16. The van der Waals surface area contributed by atoms with Crippen molar-refractivity contribution in [3.8, 4) is 16.4 Å². The van der Waals surface area contributed by atoms with E-state index in [0.717, 1.165) is 23.5 Å². The number of thiazole rings is 1. The van der Waals surface area contributed by atoms with E-state index >= 15 is 0 Å². The molecule has 0 atom stereocenters. The minimum atomic E-state index is -4.46. The summed E-state index contributed by atoms with van der Waals surface area (Å²) in [5.41, 5.74) is 0.422. The van der Waals surface area contributed by atoms with Crippen LogP contribution in [0.15, 0.2) is 53.9 Å². The van der Waals surface area contributed by atoms with Crippen molar-refractivity contribution in [1.29, 1.82) is 0 Å². The van der Waals surface area contributed by atoms with Gasteiger partial charge in [0.2, 0.25) is 5.13 Å². The largest absolute Gasteiger partial charge is 0.476 e. The second-order valence-electron chi connectivity index (χ2n) is 5.68. The highest BCUT2D eigenvalue weighted by atomic mass is 32.1. The van der Waals surface area contributed by atoms with Crippen LogP contribution in [0.5, 0.6) is 0 Å². The number of rotatable bonds is 3. The molecule has 0 aliphatic heterocycles. The molecule has 0 aliphatic carbocycles. The SMILES string of the molecule is O=C(O)c1csc(-n2nc(-c3cccc(C(F)(F)F)c3)c3ccccc32)n1. The van der Waals surface area contributed by atoms with Crippen molar-refractivity contribution >= 4 is 28.2 Å². The minimum absolute atomic E-state index is 0.116. The van der Waals surface area contributed by atoms with Gasteiger partial charge < -0.3 is 5.11 Å². The molecule has 5 nitrogen and oxygen atoms in total. The van der Waals surface area contributed by atoms with Gasteiger partial charge in [0.15, 0.2) is 5.69 Å². The van der Waals surface area contributed by atoms with Crippen LogP contribution < -0.4 is 0 Å². The maximum Gasteiger partial charge on any atom is 0.416 e. The van der Waals surface area contributed by atoms with E-state index in [2.05, 4.69) is 10.1 Å². The Labute approximate surface area is 154 Å². The molecule has 27 heavy (non-hydrogen) atoms. The van der Waals surface area contributed by atoms with Crippen LogP contribution in [0.1, 0.15) is 16.1 Å². The van der Waals surface area contributed by atoms with Gasteiger partial charge in [-0.2, -0.15) is 18.3 Å². The highest BCUT2D eigenvalue weighted by Crippen LogP contribution is 2.35. The third-order valence-electron chi connectivity index (χ3n) is 3.94. The molecule has 0 spiro atoms. The second kappa shape index (κ2) is 6.20. The quantitative estimate of drug-likeness (QED) is 0.543. The van der Waals surface area contributed by atoms with Gasteiger partial charge in [-0.15, -0.1) is 11.3 Å². The number of alkyl halides is 3. The van der Waals surface area contributed by atoms with Gasteiger partial charge >= 0.3 is 12.1 Å². The lowest BCUT2D eigenvalue weighted by molar-refractivity contribution is -0.137. The molecule has 0 amide bonds. The summed E-state index contributed by atoms with van der Waals surface area (Å²) in [6.07, 6.45) is -4.46. The molecule has 136 valence electrons. The highest BCUT2D eigenvalue weighted by molar-refractivity contribution is 7.12. The van der Waals surface area contributed by atoms with Crippen LogP contribution in [-0.2, 0) is 6.18 Å². The first-order valence-corrected chi connectivity index (χ1v) is 8.57. The van der Waals surface area contributed by atoms with Crippen LogP contribution >= 0.6 is 11.3 Å². The molecule has 4 aromatic rings. The topological polar surface area (TPSA) is 68.0 Å². The molecule has 0 saturated heterocycles. The molecule has 4 rings (SSSR count). The van der Waals surface area contributed by atoms with Gasteiger partial charge in [0, 0.05) is 16.3 Å². The molecule has 9 heteroatoms. The predicted octanol–water partition coefficient (Wildman–Crippen LogP) is 4.87. The number of carboxylic acids is 1. The summed E-state index contributed by atoms with van der Waals surface area (Å²) in [6, 6.07) is 12.0. The first kappa shape index (κ1) is 17.2. The number of halogens is 3. The smallest absolute Gasteiger partial charge is 0.416 e. The number of hydrogen-bond donors (Lipinski definition) is 1. The number of fused-ring (bicyclic) bond motifs is 1. The summed E-state index contributed by atoms with van der Waals surface area (Å²) in [4.78, 5) is 15.1. The third-order valence-corrected chi connectivity index (χ3v) is 4.76. The molecule has 0 radical (unpaired) electrons. The van der Waals surface area contributed by atoms with Crippen molar-refractivity contribution in [3.63, 3.8) is 0 Å². The van der Waals surface area contributed by atoms with Crippen LogP contribution in [0.2, 0.25) is 0 Å². The van der Waals surface area contributed by atoms with Crippen molar-refractivity contribution in [2.75, 3.05) is 0 Å². The first-order valence-electron chi connectivity index (χ1n) is 7.69. The summed E-state index contributed by atoms with van der Waals surface area (Å²) in [5, 5.41) is 15.8. The third kappa shape index (κ3) is 3.06. The van der Waals surface area contributed by atoms with Crippen molar-refractivity contribution in [3.05, 3.63) is 65.2 Å². The fourth-order valence-electron chi connectivity index (χ4n) is 2.73. The van der Waals surface area contributed by atoms with E-state index < -0.39 is 17.7 Å². The second-order valence-corrected chi connectivity index (χ2v) is 6.51. The van der Waals surface area contributed by atoms with Gasteiger partial charge in [0.1, 0.15) is 5.69 Å². The van der Waals surface area contributed by atoms with E-state index in [1.54, 1.807) is 30.3 Å². The summed E-state index contributed by atoms with van der Waals surface area (Å²) in [7, 11) is 0. The fourth-order valence-corrected chi connectivity index (χ4v) is 3.49. The molecule has 0 aliphatic rings. The van der Waals surface area contributed by atoms with Gasteiger partial charge in [-0.3, -0.25) is 0 Å². The molecule has 1 N–H and O–H groups in total. The van der Waals surface area contributed by atoms with Gasteiger partial charge in [-0.25, -0.2) is 14.5 Å². The van der Waals surface area contributed by atoms with Crippen LogP contribution in [0.25, 0.3) is 27.3 Å². The highest BCUT2D eigenvalue weighted by Gasteiger charge is 2.31. The molecule has 0 fully saturated rings. The minimum Gasteiger partial charge on any atom is -0.476 e. The standard InChI is InChI=1S/C18H10F3N3O2S/c19-18(20,21)11-5-3-4-10(8-11)15-12-6-1-2-7-14(12)24(23-15)17-22-13(9-27-17)16(25)26/h1-9H,(H,25,26). The number of aromatic carboxylic acids is 1. The Hall–Kier alpha value is -3.20.